The topological polar surface area (TPSA) is 73.1 Å². The van der Waals surface area contributed by atoms with Crippen LogP contribution in [0.1, 0.15) is 47.9 Å². The van der Waals surface area contributed by atoms with E-state index in [0.29, 0.717) is 23.1 Å². The third-order valence-corrected chi connectivity index (χ3v) is 7.16. The van der Waals surface area contributed by atoms with Gasteiger partial charge in [0.05, 0.1) is 29.6 Å². The minimum absolute atomic E-state index is 0.00778. The van der Waals surface area contributed by atoms with Crippen LogP contribution in [-0.2, 0) is 17.8 Å². The van der Waals surface area contributed by atoms with E-state index < -0.39 is 0 Å². The summed E-state index contributed by atoms with van der Waals surface area (Å²) < 4.78 is 2.90. The van der Waals surface area contributed by atoms with Gasteiger partial charge in [-0.05, 0) is 67.6 Å². The van der Waals surface area contributed by atoms with E-state index >= 15 is 0 Å². The molecule has 1 aromatic heterocycles. The molecule has 4 aromatic rings. The molecule has 0 atom stereocenters. The predicted octanol–water partition coefficient (Wildman–Crippen LogP) is 4.42. The lowest BCUT2D eigenvalue weighted by Gasteiger charge is -2.16. The number of hydrogen-bond donors (Lipinski definition) is 1. The molecule has 1 saturated carbocycles. The Bertz CT molecular complexity index is 1540. The third-order valence-electron chi connectivity index (χ3n) is 7.16. The fourth-order valence-corrected chi connectivity index (χ4v) is 5.14. The monoisotopic (exact) mass is 481 g/mol. The zero-order valence-electron chi connectivity index (χ0n) is 20.8. The van der Waals surface area contributed by atoms with Gasteiger partial charge in [-0.3, -0.25) is 14.2 Å². The smallest absolute Gasteiger partial charge is 0.336 e. The van der Waals surface area contributed by atoms with Gasteiger partial charge in [0.25, 0.3) is 5.56 Å². The first-order valence-electron chi connectivity index (χ1n) is 12.6. The summed E-state index contributed by atoms with van der Waals surface area (Å²) in [7, 11) is 0. The summed E-state index contributed by atoms with van der Waals surface area (Å²) in [6, 6.07) is 20.8. The standard InChI is InChI=1S/C30H31N3O3/c1-20-11-12-21(2)23(17-20)19-32-27-10-6-5-9-26(27)29(35)33(30(32)36)25-15-13-22(14-16-25)18-28(34)31-24-7-3-4-8-24/h5-6,9-17,24H,3-4,7-8,18-19H2,1-2H3,(H,31,34). The van der Waals surface area contributed by atoms with Crippen molar-refractivity contribution < 1.29 is 4.79 Å². The van der Waals surface area contributed by atoms with Crippen molar-refractivity contribution in [1.82, 2.24) is 14.5 Å². The summed E-state index contributed by atoms with van der Waals surface area (Å²) in [6.07, 6.45) is 4.70. The Kier molecular flexibility index (Phi) is 6.59. The number of fused-ring (bicyclic) bond motifs is 1. The average molecular weight is 482 g/mol. The van der Waals surface area contributed by atoms with E-state index in [2.05, 4.69) is 23.5 Å². The van der Waals surface area contributed by atoms with E-state index in [1.807, 2.05) is 44.2 Å². The van der Waals surface area contributed by atoms with Crippen LogP contribution in [0.4, 0.5) is 0 Å². The molecular weight excluding hydrogens is 450 g/mol. The van der Waals surface area contributed by atoms with Crippen LogP contribution < -0.4 is 16.6 Å². The van der Waals surface area contributed by atoms with Gasteiger partial charge in [-0.1, -0.05) is 60.9 Å². The van der Waals surface area contributed by atoms with Crippen molar-refractivity contribution in [3.63, 3.8) is 0 Å². The predicted molar refractivity (Wildman–Crippen MR) is 143 cm³/mol. The minimum Gasteiger partial charge on any atom is -0.353 e. The first-order valence-corrected chi connectivity index (χ1v) is 12.6. The highest BCUT2D eigenvalue weighted by molar-refractivity contribution is 5.79. The molecule has 0 spiro atoms. The first kappa shape index (κ1) is 23.8. The SMILES string of the molecule is Cc1ccc(C)c(Cn2c(=O)n(-c3ccc(CC(=O)NC4CCCC4)cc3)c(=O)c3ccccc32)c1. The Morgan fingerprint density at radius 1 is 0.944 bits per heavy atom. The van der Waals surface area contributed by atoms with E-state index in [4.69, 9.17) is 0 Å². The van der Waals surface area contributed by atoms with Gasteiger partial charge < -0.3 is 5.32 Å². The van der Waals surface area contributed by atoms with Crippen molar-refractivity contribution in [3.05, 3.63) is 110 Å². The molecule has 1 N–H and O–H groups in total. The molecule has 1 fully saturated rings. The molecule has 0 radical (unpaired) electrons. The molecule has 3 aromatic carbocycles. The highest BCUT2D eigenvalue weighted by Gasteiger charge is 2.18. The summed E-state index contributed by atoms with van der Waals surface area (Å²) >= 11 is 0. The van der Waals surface area contributed by atoms with Crippen molar-refractivity contribution in [2.45, 2.75) is 58.5 Å². The average Bonchev–Trinajstić information content (AvgIpc) is 3.38. The van der Waals surface area contributed by atoms with Crippen LogP contribution in [0.5, 0.6) is 0 Å². The number of hydrogen-bond acceptors (Lipinski definition) is 3. The van der Waals surface area contributed by atoms with Crippen molar-refractivity contribution in [3.8, 4) is 5.69 Å². The summed E-state index contributed by atoms with van der Waals surface area (Å²) in [6.45, 7) is 4.42. The van der Waals surface area contributed by atoms with Crippen LogP contribution in [0.25, 0.3) is 16.6 Å². The third kappa shape index (κ3) is 4.76. The summed E-state index contributed by atoms with van der Waals surface area (Å²) in [5.74, 6) is 0.00778. The molecule has 1 heterocycles. The van der Waals surface area contributed by atoms with Gasteiger partial charge in [-0.2, -0.15) is 0 Å². The van der Waals surface area contributed by atoms with E-state index in [-0.39, 0.29) is 29.6 Å². The van der Waals surface area contributed by atoms with Crippen LogP contribution >= 0.6 is 0 Å². The second kappa shape index (κ2) is 9.97. The highest BCUT2D eigenvalue weighted by atomic mass is 16.2. The van der Waals surface area contributed by atoms with Gasteiger partial charge in [0.15, 0.2) is 0 Å². The summed E-state index contributed by atoms with van der Waals surface area (Å²) in [5.41, 5.74) is 4.47. The van der Waals surface area contributed by atoms with Gasteiger partial charge in [-0.15, -0.1) is 0 Å². The van der Waals surface area contributed by atoms with Gasteiger partial charge in [0.1, 0.15) is 0 Å². The van der Waals surface area contributed by atoms with Crippen molar-refractivity contribution in [2.24, 2.45) is 0 Å². The molecule has 0 saturated heterocycles. The maximum Gasteiger partial charge on any atom is 0.336 e. The Morgan fingerprint density at radius 2 is 1.67 bits per heavy atom. The number of carbonyl (C=O) groups is 1. The molecule has 36 heavy (non-hydrogen) atoms. The zero-order chi connectivity index (χ0) is 25.2. The molecule has 1 amide bonds. The van der Waals surface area contributed by atoms with E-state index in [1.165, 1.54) is 17.4 Å². The molecule has 0 bridgehead atoms. The van der Waals surface area contributed by atoms with Crippen molar-refractivity contribution >= 4 is 16.8 Å². The van der Waals surface area contributed by atoms with Gasteiger partial charge in [0.2, 0.25) is 5.91 Å². The molecule has 0 unspecified atom stereocenters. The molecular formula is C30H31N3O3. The van der Waals surface area contributed by atoms with Crippen LogP contribution in [0.15, 0.2) is 76.3 Å². The normalized spacial score (nSPS) is 13.8. The molecule has 184 valence electrons. The van der Waals surface area contributed by atoms with Crippen LogP contribution in [-0.4, -0.2) is 21.1 Å². The number of nitrogens with zero attached hydrogens (tertiary/aromatic N) is 2. The highest BCUT2D eigenvalue weighted by Crippen LogP contribution is 2.18. The summed E-state index contributed by atoms with van der Waals surface area (Å²) in [5, 5.41) is 3.59. The number of aryl methyl sites for hydroxylation is 2. The largest absolute Gasteiger partial charge is 0.353 e. The quantitative estimate of drug-likeness (QED) is 0.443. The first-order chi connectivity index (χ1) is 17.4. The van der Waals surface area contributed by atoms with Crippen LogP contribution in [0, 0.1) is 13.8 Å². The lowest BCUT2D eigenvalue weighted by atomic mass is 10.1. The molecule has 1 aliphatic carbocycles. The fraction of sp³-hybridized carbons (Fsp3) is 0.300. The van der Waals surface area contributed by atoms with Gasteiger partial charge in [0, 0.05) is 6.04 Å². The van der Waals surface area contributed by atoms with E-state index in [9.17, 15) is 14.4 Å². The maximum absolute atomic E-state index is 13.7. The number of rotatable bonds is 6. The number of carbonyl (C=O) groups excluding carboxylic acids is 1. The lowest BCUT2D eigenvalue weighted by molar-refractivity contribution is -0.121. The number of benzene rings is 3. The van der Waals surface area contributed by atoms with E-state index in [0.717, 1.165) is 35.1 Å². The lowest BCUT2D eigenvalue weighted by Crippen LogP contribution is -2.39. The molecule has 0 aliphatic heterocycles. The van der Waals surface area contributed by atoms with Crippen molar-refractivity contribution in [1.29, 1.82) is 0 Å². The van der Waals surface area contributed by atoms with Crippen molar-refractivity contribution in [2.75, 3.05) is 0 Å². The minimum atomic E-state index is -0.383. The zero-order valence-corrected chi connectivity index (χ0v) is 20.8. The Hall–Kier alpha value is -3.93. The second-order valence-corrected chi connectivity index (χ2v) is 9.85. The number of nitrogens with one attached hydrogen (secondary N) is 1. The Morgan fingerprint density at radius 3 is 2.42 bits per heavy atom. The van der Waals surface area contributed by atoms with Crippen LogP contribution in [0.3, 0.4) is 0 Å². The molecule has 5 rings (SSSR count). The number of para-hydroxylation sites is 1. The maximum atomic E-state index is 13.7. The van der Waals surface area contributed by atoms with E-state index in [1.54, 1.807) is 22.8 Å². The Balaban J connectivity index is 1.51. The van der Waals surface area contributed by atoms with Gasteiger partial charge >= 0.3 is 5.69 Å². The number of aromatic nitrogens is 2. The molecule has 6 heteroatoms. The van der Waals surface area contributed by atoms with Gasteiger partial charge in [-0.25, -0.2) is 9.36 Å². The fourth-order valence-electron chi connectivity index (χ4n) is 5.14. The Labute approximate surface area is 210 Å². The van der Waals surface area contributed by atoms with Crippen LogP contribution in [0.2, 0.25) is 0 Å². The molecule has 6 nitrogen and oxygen atoms in total. The summed E-state index contributed by atoms with van der Waals surface area (Å²) in [4.78, 5) is 39.6. The second-order valence-electron chi connectivity index (χ2n) is 9.85. The number of amides is 1. The molecule has 1 aliphatic rings.